The van der Waals surface area contributed by atoms with E-state index in [4.69, 9.17) is 0 Å². The first-order valence-corrected chi connectivity index (χ1v) is 9.10. The zero-order valence-corrected chi connectivity index (χ0v) is 15.0. The number of anilines is 1. The number of rotatable bonds is 3. The van der Waals surface area contributed by atoms with Crippen LogP contribution in [0.25, 0.3) is 6.08 Å². The van der Waals surface area contributed by atoms with Crippen molar-refractivity contribution in [2.24, 2.45) is 4.99 Å². The van der Waals surface area contributed by atoms with Gasteiger partial charge in [0.1, 0.15) is 0 Å². The van der Waals surface area contributed by atoms with E-state index in [2.05, 4.69) is 9.98 Å². The zero-order valence-electron chi connectivity index (χ0n) is 14.2. The van der Waals surface area contributed by atoms with Crippen LogP contribution in [0.2, 0.25) is 0 Å². The van der Waals surface area contributed by atoms with Crippen molar-refractivity contribution in [1.82, 2.24) is 4.98 Å². The molecule has 0 unspecified atom stereocenters. The van der Waals surface area contributed by atoms with Crippen molar-refractivity contribution in [2.45, 2.75) is 0 Å². The number of hydrogen-bond acceptors (Lipinski definition) is 5. The van der Waals surface area contributed by atoms with Gasteiger partial charge in [0.15, 0.2) is 5.17 Å². The maximum Gasteiger partial charge on any atom is 0.271 e. The van der Waals surface area contributed by atoms with Crippen LogP contribution in [0.15, 0.2) is 88.9 Å². The van der Waals surface area contributed by atoms with Crippen LogP contribution in [0.4, 0.5) is 11.4 Å². The first-order valence-electron chi connectivity index (χ1n) is 8.28. The Balaban J connectivity index is 1.76. The Hall–Kier alpha value is -3.38. The standard InChI is InChI=1S/C21H15N3O2S/c25-19-12-11-15(14-22-19)13-18-20(26)24(17-9-5-2-6-10-17)21(27-18)23-16-7-3-1-4-8-16/h1-14H,(H,22,25)/b18-13-,23-21-. The van der Waals surface area contributed by atoms with Crippen molar-refractivity contribution in [3.8, 4) is 5.88 Å². The number of pyridine rings is 1. The number of carbonyl (C=O) groups is 1. The van der Waals surface area contributed by atoms with Gasteiger partial charge < -0.3 is 5.11 Å². The van der Waals surface area contributed by atoms with Crippen LogP contribution in [-0.4, -0.2) is 21.2 Å². The van der Waals surface area contributed by atoms with Gasteiger partial charge in [0.05, 0.1) is 16.3 Å². The zero-order chi connectivity index (χ0) is 18.6. The number of carbonyl (C=O) groups excluding carboxylic acids is 1. The molecule has 0 radical (unpaired) electrons. The Morgan fingerprint density at radius 3 is 2.33 bits per heavy atom. The van der Waals surface area contributed by atoms with Crippen LogP contribution in [0.5, 0.6) is 5.88 Å². The molecule has 27 heavy (non-hydrogen) atoms. The van der Waals surface area contributed by atoms with Gasteiger partial charge in [0.2, 0.25) is 5.88 Å². The molecule has 4 rings (SSSR count). The molecular weight excluding hydrogens is 358 g/mol. The van der Waals surface area contributed by atoms with E-state index in [9.17, 15) is 9.90 Å². The number of benzene rings is 2. The summed E-state index contributed by atoms with van der Waals surface area (Å²) in [5, 5.41) is 9.93. The topological polar surface area (TPSA) is 65.8 Å². The molecule has 0 aliphatic carbocycles. The maximum absolute atomic E-state index is 13.1. The van der Waals surface area contributed by atoms with E-state index in [0.29, 0.717) is 10.1 Å². The highest BCUT2D eigenvalue weighted by molar-refractivity contribution is 8.19. The van der Waals surface area contributed by atoms with Gasteiger partial charge in [0.25, 0.3) is 5.91 Å². The molecule has 1 aromatic heterocycles. The van der Waals surface area contributed by atoms with E-state index in [1.54, 1.807) is 17.0 Å². The van der Waals surface area contributed by atoms with E-state index in [-0.39, 0.29) is 11.8 Å². The molecule has 1 fully saturated rings. The highest BCUT2D eigenvalue weighted by Crippen LogP contribution is 2.37. The number of para-hydroxylation sites is 2. The third kappa shape index (κ3) is 3.75. The molecule has 1 saturated heterocycles. The SMILES string of the molecule is O=C1/C(=C/c2ccc(O)nc2)S/C(=N\c2ccccc2)N1c1ccccc1. The molecule has 5 nitrogen and oxygen atoms in total. The fourth-order valence-electron chi connectivity index (χ4n) is 2.60. The van der Waals surface area contributed by atoms with Gasteiger partial charge in [-0.3, -0.25) is 9.69 Å². The van der Waals surface area contributed by atoms with E-state index in [1.807, 2.05) is 60.7 Å². The Labute approximate surface area is 160 Å². The summed E-state index contributed by atoms with van der Waals surface area (Å²) in [5.74, 6) is -0.200. The molecule has 132 valence electrons. The van der Waals surface area contributed by atoms with Crippen LogP contribution in [-0.2, 0) is 4.79 Å². The predicted octanol–water partition coefficient (Wildman–Crippen LogP) is 4.60. The van der Waals surface area contributed by atoms with Crippen LogP contribution < -0.4 is 4.90 Å². The number of thioether (sulfide) groups is 1. The van der Waals surface area contributed by atoms with Crippen molar-refractivity contribution in [2.75, 3.05) is 4.90 Å². The summed E-state index contributed by atoms with van der Waals surface area (Å²) >= 11 is 1.31. The van der Waals surface area contributed by atoms with Crippen LogP contribution >= 0.6 is 11.8 Å². The second-order valence-electron chi connectivity index (χ2n) is 5.77. The molecule has 3 aromatic rings. The summed E-state index contributed by atoms with van der Waals surface area (Å²) in [6, 6.07) is 22.2. The van der Waals surface area contributed by atoms with Gasteiger partial charge in [0, 0.05) is 12.3 Å². The number of amides is 1. The molecule has 6 heteroatoms. The first-order chi connectivity index (χ1) is 13.2. The monoisotopic (exact) mass is 373 g/mol. The second-order valence-corrected chi connectivity index (χ2v) is 6.78. The number of hydrogen-bond donors (Lipinski definition) is 1. The van der Waals surface area contributed by atoms with Gasteiger partial charge in [-0.25, -0.2) is 9.98 Å². The Kier molecular flexibility index (Phi) is 4.72. The van der Waals surface area contributed by atoms with Gasteiger partial charge in [-0.15, -0.1) is 0 Å². The van der Waals surface area contributed by atoms with E-state index in [0.717, 1.165) is 16.9 Å². The lowest BCUT2D eigenvalue weighted by Crippen LogP contribution is -2.28. The number of aromatic hydroxyl groups is 1. The Bertz CT molecular complexity index is 1020. The molecule has 0 saturated carbocycles. The summed E-state index contributed by atoms with van der Waals surface area (Å²) in [7, 11) is 0. The lowest BCUT2D eigenvalue weighted by Gasteiger charge is -2.15. The van der Waals surface area contributed by atoms with Crippen molar-refractivity contribution in [3.63, 3.8) is 0 Å². The summed E-state index contributed by atoms with van der Waals surface area (Å²) in [4.78, 5) is 23.7. The van der Waals surface area contributed by atoms with Crippen LogP contribution in [0.3, 0.4) is 0 Å². The Morgan fingerprint density at radius 1 is 0.963 bits per heavy atom. The third-order valence-corrected chi connectivity index (χ3v) is 4.84. The van der Waals surface area contributed by atoms with E-state index < -0.39 is 0 Å². The van der Waals surface area contributed by atoms with Gasteiger partial charge in [-0.05, 0) is 53.7 Å². The minimum absolute atomic E-state index is 0.0557. The number of aromatic nitrogens is 1. The lowest BCUT2D eigenvalue weighted by molar-refractivity contribution is -0.113. The number of amidine groups is 1. The molecule has 0 atom stereocenters. The number of aliphatic imine (C=N–C) groups is 1. The molecule has 1 amide bonds. The summed E-state index contributed by atoms with van der Waals surface area (Å²) in [6.07, 6.45) is 3.28. The van der Waals surface area contributed by atoms with E-state index >= 15 is 0 Å². The normalized spacial score (nSPS) is 17.0. The average molecular weight is 373 g/mol. The predicted molar refractivity (Wildman–Crippen MR) is 109 cm³/mol. The molecule has 0 spiro atoms. The van der Waals surface area contributed by atoms with Crippen molar-refractivity contribution >= 4 is 40.3 Å². The summed E-state index contributed by atoms with van der Waals surface area (Å²) in [6.45, 7) is 0. The summed E-state index contributed by atoms with van der Waals surface area (Å²) < 4.78 is 0. The highest BCUT2D eigenvalue weighted by atomic mass is 32.2. The fraction of sp³-hybridized carbons (Fsp3) is 0. The van der Waals surface area contributed by atoms with E-state index in [1.165, 1.54) is 24.0 Å². The molecule has 0 bridgehead atoms. The number of nitrogens with zero attached hydrogens (tertiary/aromatic N) is 3. The van der Waals surface area contributed by atoms with Crippen molar-refractivity contribution in [1.29, 1.82) is 0 Å². The molecule has 2 aromatic carbocycles. The molecule has 1 aliphatic rings. The largest absolute Gasteiger partial charge is 0.493 e. The smallest absolute Gasteiger partial charge is 0.271 e. The quantitative estimate of drug-likeness (QED) is 0.682. The molecular formula is C21H15N3O2S. The average Bonchev–Trinajstić information content (AvgIpc) is 3.00. The molecule has 1 aliphatic heterocycles. The van der Waals surface area contributed by atoms with Crippen LogP contribution in [0.1, 0.15) is 5.56 Å². The maximum atomic E-state index is 13.1. The van der Waals surface area contributed by atoms with Crippen molar-refractivity contribution < 1.29 is 9.90 Å². The first kappa shape index (κ1) is 17.1. The molecule has 1 N–H and O–H groups in total. The fourth-order valence-corrected chi connectivity index (χ4v) is 3.60. The van der Waals surface area contributed by atoms with Gasteiger partial charge in [-0.1, -0.05) is 36.4 Å². The minimum Gasteiger partial charge on any atom is -0.493 e. The van der Waals surface area contributed by atoms with Crippen molar-refractivity contribution in [3.05, 3.63) is 89.5 Å². The van der Waals surface area contributed by atoms with Gasteiger partial charge >= 0.3 is 0 Å². The van der Waals surface area contributed by atoms with Crippen LogP contribution in [0, 0.1) is 0 Å². The highest BCUT2D eigenvalue weighted by Gasteiger charge is 2.34. The molecule has 2 heterocycles. The second kappa shape index (κ2) is 7.47. The van der Waals surface area contributed by atoms with Gasteiger partial charge in [-0.2, -0.15) is 0 Å². The minimum atomic E-state index is -0.144. The Morgan fingerprint density at radius 2 is 1.67 bits per heavy atom. The lowest BCUT2D eigenvalue weighted by atomic mass is 10.2. The third-order valence-electron chi connectivity index (χ3n) is 3.87. The summed E-state index contributed by atoms with van der Waals surface area (Å²) in [5.41, 5.74) is 2.27.